The number of aliphatic hydroxyl groups excluding tert-OH is 1. The zero-order valence-electron chi connectivity index (χ0n) is 4.26. The van der Waals surface area contributed by atoms with E-state index in [4.69, 9.17) is 10.8 Å². The highest BCUT2D eigenvalue weighted by molar-refractivity contribution is 7.80. The Labute approximate surface area is 52.8 Å². The van der Waals surface area contributed by atoms with Gasteiger partial charge in [0.2, 0.25) is 0 Å². The highest BCUT2D eigenvalue weighted by Gasteiger charge is 1.88. The molecule has 0 unspecified atom stereocenters. The zero-order valence-corrected chi connectivity index (χ0v) is 5.07. The second kappa shape index (κ2) is 3.26. The average Bonchev–Trinajstić information content (AvgIpc) is 1.61. The maximum absolute atomic E-state index is 8.37. The van der Waals surface area contributed by atoms with Gasteiger partial charge in [0, 0.05) is 0 Å². The predicted molar refractivity (Wildman–Crippen MR) is 34.5 cm³/mol. The minimum Gasteiger partial charge on any atom is -0.509 e. The second-order valence-corrected chi connectivity index (χ2v) is 1.58. The van der Waals surface area contributed by atoms with Crippen molar-refractivity contribution in [2.75, 3.05) is 6.61 Å². The van der Waals surface area contributed by atoms with Gasteiger partial charge in [-0.05, 0) is 12.2 Å². The lowest BCUT2D eigenvalue weighted by Gasteiger charge is -1.98. The number of aliphatic hydroxyl groups is 1. The summed E-state index contributed by atoms with van der Waals surface area (Å²) in [5.41, 5.74) is 4.90. The van der Waals surface area contributed by atoms with Crippen LogP contribution in [0, 0.1) is 0 Å². The summed E-state index contributed by atoms with van der Waals surface area (Å²) in [5.74, 6) is -0.0854. The maximum atomic E-state index is 8.37. The normalized spacial score (nSPS) is 8.00. The minimum atomic E-state index is -0.0854. The Kier molecular flexibility index (Phi) is 2.95. The summed E-state index contributed by atoms with van der Waals surface area (Å²) in [6.07, 6.45) is 0. The predicted octanol–water partition coefficient (Wildman–Crippen LogP) is 0.318. The fourth-order valence-corrected chi connectivity index (χ4v) is 0.213. The van der Waals surface area contributed by atoms with Crippen LogP contribution in [-0.4, -0.2) is 16.9 Å². The first-order chi connectivity index (χ1) is 3.63. The van der Waals surface area contributed by atoms with Crippen molar-refractivity contribution in [3.05, 3.63) is 12.3 Å². The van der Waals surface area contributed by atoms with Crippen molar-refractivity contribution in [1.29, 1.82) is 0 Å². The van der Waals surface area contributed by atoms with Crippen LogP contribution < -0.4 is 5.73 Å². The number of rotatable bonds is 2. The summed E-state index contributed by atoms with van der Waals surface area (Å²) in [6, 6.07) is 0. The fourth-order valence-electron chi connectivity index (χ4n) is 0.154. The Morgan fingerprint density at radius 3 is 2.50 bits per heavy atom. The van der Waals surface area contributed by atoms with Crippen LogP contribution in [-0.2, 0) is 4.74 Å². The second-order valence-electron chi connectivity index (χ2n) is 1.17. The lowest BCUT2D eigenvalue weighted by Crippen LogP contribution is -2.13. The van der Waals surface area contributed by atoms with Crippen molar-refractivity contribution in [3.8, 4) is 0 Å². The smallest absolute Gasteiger partial charge is 0.254 e. The Balaban J connectivity index is 3.18. The highest BCUT2D eigenvalue weighted by atomic mass is 32.1. The molecule has 0 saturated carbocycles. The third kappa shape index (κ3) is 5.23. The van der Waals surface area contributed by atoms with Crippen molar-refractivity contribution >= 4 is 17.4 Å². The van der Waals surface area contributed by atoms with Gasteiger partial charge >= 0.3 is 0 Å². The molecule has 0 saturated heterocycles. The molecule has 0 aromatic heterocycles. The van der Waals surface area contributed by atoms with Crippen LogP contribution in [0.15, 0.2) is 12.3 Å². The largest absolute Gasteiger partial charge is 0.509 e. The van der Waals surface area contributed by atoms with Gasteiger partial charge in [-0.1, -0.05) is 6.58 Å². The fraction of sp³-hybridized carbons (Fsp3) is 0.250. The number of thiocarbonyl (C=S) groups is 1. The molecule has 0 aromatic rings. The molecule has 46 valence electrons. The van der Waals surface area contributed by atoms with Crippen LogP contribution in [0.25, 0.3) is 0 Å². The van der Waals surface area contributed by atoms with Gasteiger partial charge in [0.1, 0.15) is 12.4 Å². The van der Waals surface area contributed by atoms with Gasteiger partial charge in [-0.15, -0.1) is 0 Å². The van der Waals surface area contributed by atoms with E-state index >= 15 is 0 Å². The van der Waals surface area contributed by atoms with Crippen LogP contribution >= 0.6 is 12.2 Å². The zero-order chi connectivity index (χ0) is 6.57. The molecule has 0 aliphatic carbocycles. The van der Waals surface area contributed by atoms with Gasteiger partial charge in [-0.25, -0.2) is 0 Å². The highest BCUT2D eigenvalue weighted by Crippen LogP contribution is 1.82. The first-order valence-corrected chi connectivity index (χ1v) is 2.32. The summed E-state index contributed by atoms with van der Waals surface area (Å²) in [7, 11) is 0. The van der Waals surface area contributed by atoms with Gasteiger partial charge in [0.15, 0.2) is 0 Å². The Hall–Kier alpha value is -0.770. The Morgan fingerprint density at radius 1 is 1.88 bits per heavy atom. The molecule has 8 heavy (non-hydrogen) atoms. The molecule has 0 rings (SSSR count). The quantitative estimate of drug-likeness (QED) is 0.420. The van der Waals surface area contributed by atoms with Crippen LogP contribution in [0.3, 0.4) is 0 Å². The summed E-state index contributed by atoms with van der Waals surface area (Å²) in [6.45, 7) is 3.12. The van der Waals surface area contributed by atoms with Gasteiger partial charge in [-0.3, -0.25) is 0 Å². The monoisotopic (exact) mass is 133 g/mol. The van der Waals surface area contributed by atoms with Crippen molar-refractivity contribution < 1.29 is 9.84 Å². The number of ether oxygens (including phenoxy) is 1. The molecule has 0 atom stereocenters. The summed E-state index contributed by atoms with van der Waals surface area (Å²) in [5, 5.41) is 8.28. The van der Waals surface area contributed by atoms with E-state index in [9.17, 15) is 0 Å². The molecule has 0 aromatic carbocycles. The van der Waals surface area contributed by atoms with Crippen LogP contribution in [0.5, 0.6) is 0 Å². The molecular weight excluding hydrogens is 126 g/mol. The first kappa shape index (κ1) is 7.23. The molecule has 0 amide bonds. The number of hydrogen-bond acceptors (Lipinski definition) is 3. The molecule has 4 heteroatoms. The van der Waals surface area contributed by atoms with Gasteiger partial charge < -0.3 is 15.6 Å². The summed E-state index contributed by atoms with van der Waals surface area (Å²) >= 11 is 4.32. The topological polar surface area (TPSA) is 55.5 Å². The van der Waals surface area contributed by atoms with E-state index in [0.717, 1.165) is 0 Å². The van der Waals surface area contributed by atoms with E-state index in [2.05, 4.69) is 23.5 Å². The standard InChI is InChI=1S/C4H7NO2S/c1-3(6)2-7-4(5)8/h6H,1-2H2,(H2,5,8). The number of hydrogen-bond donors (Lipinski definition) is 2. The lowest BCUT2D eigenvalue weighted by molar-refractivity contribution is 0.265. The summed E-state index contributed by atoms with van der Waals surface area (Å²) < 4.78 is 4.46. The molecule has 0 bridgehead atoms. The van der Waals surface area contributed by atoms with Crippen molar-refractivity contribution in [2.45, 2.75) is 0 Å². The van der Waals surface area contributed by atoms with Crippen molar-refractivity contribution in [2.24, 2.45) is 5.73 Å². The van der Waals surface area contributed by atoms with Crippen molar-refractivity contribution in [1.82, 2.24) is 0 Å². The van der Waals surface area contributed by atoms with Gasteiger partial charge in [-0.2, -0.15) is 0 Å². The van der Waals surface area contributed by atoms with E-state index < -0.39 is 0 Å². The van der Waals surface area contributed by atoms with Gasteiger partial charge in [0.05, 0.1) is 0 Å². The van der Waals surface area contributed by atoms with E-state index in [0.29, 0.717) is 0 Å². The molecule has 0 aliphatic rings. The van der Waals surface area contributed by atoms with Crippen LogP contribution in [0.2, 0.25) is 0 Å². The number of nitrogens with two attached hydrogens (primary N) is 1. The van der Waals surface area contributed by atoms with Crippen molar-refractivity contribution in [3.63, 3.8) is 0 Å². The maximum Gasteiger partial charge on any atom is 0.254 e. The van der Waals surface area contributed by atoms with Crippen LogP contribution in [0.4, 0.5) is 0 Å². The average molecular weight is 133 g/mol. The molecule has 0 heterocycles. The van der Waals surface area contributed by atoms with E-state index in [1.165, 1.54) is 0 Å². The third-order valence-electron chi connectivity index (χ3n) is 0.381. The molecular formula is C4H7NO2S. The molecule has 3 N–H and O–H groups in total. The van der Waals surface area contributed by atoms with Gasteiger partial charge in [0.25, 0.3) is 5.17 Å². The Bertz CT molecular complexity index is 98.6. The molecule has 0 spiro atoms. The Morgan fingerprint density at radius 2 is 2.38 bits per heavy atom. The van der Waals surface area contributed by atoms with E-state index in [1.54, 1.807) is 0 Å². The third-order valence-corrected chi connectivity index (χ3v) is 0.499. The SMILES string of the molecule is C=C(O)COC(N)=S. The molecule has 0 fully saturated rings. The van der Waals surface area contributed by atoms with E-state index in [1.807, 2.05) is 0 Å². The molecule has 0 aliphatic heterocycles. The minimum absolute atomic E-state index is 0.0185. The van der Waals surface area contributed by atoms with E-state index in [-0.39, 0.29) is 17.5 Å². The molecule has 0 radical (unpaired) electrons. The lowest BCUT2D eigenvalue weighted by atomic mass is 10.6. The summed E-state index contributed by atoms with van der Waals surface area (Å²) in [4.78, 5) is 0. The molecule has 3 nitrogen and oxygen atoms in total. The van der Waals surface area contributed by atoms with Crippen LogP contribution in [0.1, 0.15) is 0 Å². The first-order valence-electron chi connectivity index (χ1n) is 1.92.